The maximum absolute atomic E-state index is 12.9. The molecule has 4 rings (SSSR count). The summed E-state index contributed by atoms with van der Waals surface area (Å²) in [4.78, 5) is 4.53. The zero-order valence-corrected chi connectivity index (χ0v) is 13.8. The first-order valence-electron chi connectivity index (χ1n) is 8.02. The first kappa shape index (κ1) is 16.3. The van der Waals surface area contributed by atoms with Crippen LogP contribution >= 0.6 is 0 Å². The summed E-state index contributed by atoms with van der Waals surface area (Å²) in [5, 5.41) is 4.60. The average Bonchev–Trinajstić information content (AvgIpc) is 3.00. The minimum atomic E-state index is -4.36. The number of halogens is 3. The molecule has 1 aromatic carbocycles. The standard InChI is InChI=1S/C20H14F3N3/c1-13-5-4-6-16(24-13)19-18(17-7-2-3-12-26(17)25-19)14-8-10-15(11-9-14)20(21,22)23/h2-12H,1H3. The van der Waals surface area contributed by atoms with Crippen LogP contribution in [-0.4, -0.2) is 14.6 Å². The summed E-state index contributed by atoms with van der Waals surface area (Å²) in [6, 6.07) is 16.4. The fourth-order valence-corrected chi connectivity index (χ4v) is 2.96. The molecule has 0 saturated carbocycles. The molecule has 0 aliphatic heterocycles. The number of alkyl halides is 3. The van der Waals surface area contributed by atoms with Gasteiger partial charge in [-0.3, -0.25) is 4.98 Å². The van der Waals surface area contributed by atoms with Crippen LogP contribution in [0.4, 0.5) is 13.2 Å². The minimum Gasteiger partial charge on any atom is -0.251 e. The monoisotopic (exact) mass is 353 g/mol. The normalized spacial score (nSPS) is 11.8. The van der Waals surface area contributed by atoms with Gasteiger partial charge >= 0.3 is 6.18 Å². The first-order valence-corrected chi connectivity index (χ1v) is 8.02. The number of hydrogen-bond donors (Lipinski definition) is 0. The molecule has 0 fully saturated rings. The van der Waals surface area contributed by atoms with Crippen molar-refractivity contribution >= 4 is 5.52 Å². The van der Waals surface area contributed by atoms with Gasteiger partial charge in [0.1, 0.15) is 5.69 Å². The molecular weight excluding hydrogens is 339 g/mol. The Kier molecular flexibility index (Phi) is 3.76. The van der Waals surface area contributed by atoms with Crippen molar-refractivity contribution in [1.82, 2.24) is 14.6 Å². The summed E-state index contributed by atoms with van der Waals surface area (Å²) in [5.41, 5.74) is 3.73. The molecule has 0 amide bonds. The molecule has 0 radical (unpaired) electrons. The molecule has 4 aromatic rings. The summed E-state index contributed by atoms with van der Waals surface area (Å²) in [5.74, 6) is 0. The van der Waals surface area contributed by atoms with E-state index in [-0.39, 0.29) is 0 Å². The molecule has 3 aromatic heterocycles. The molecule has 3 nitrogen and oxygen atoms in total. The summed E-state index contributed by atoms with van der Waals surface area (Å²) >= 11 is 0. The lowest BCUT2D eigenvalue weighted by Crippen LogP contribution is -2.04. The van der Waals surface area contributed by atoms with Gasteiger partial charge < -0.3 is 0 Å². The van der Waals surface area contributed by atoms with Crippen LogP contribution < -0.4 is 0 Å². The van der Waals surface area contributed by atoms with Crippen molar-refractivity contribution in [2.45, 2.75) is 13.1 Å². The lowest BCUT2D eigenvalue weighted by Gasteiger charge is -2.08. The maximum Gasteiger partial charge on any atom is 0.416 e. The van der Waals surface area contributed by atoms with Crippen LogP contribution in [0.15, 0.2) is 66.9 Å². The number of aryl methyl sites for hydroxylation is 1. The van der Waals surface area contributed by atoms with Gasteiger partial charge in [0, 0.05) is 17.5 Å². The molecule has 0 unspecified atom stereocenters. The van der Waals surface area contributed by atoms with Gasteiger partial charge in [0.25, 0.3) is 0 Å². The third-order valence-electron chi connectivity index (χ3n) is 4.17. The summed E-state index contributed by atoms with van der Waals surface area (Å²) in [7, 11) is 0. The van der Waals surface area contributed by atoms with Crippen molar-refractivity contribution in [1.29, 1.82) is 0 Å². The van der Waals surface area contributed by atoms with Crippen molar-refractivity contribution < 1.29 is 13.2 Å². The Morgan fingerprint density at radius 1 is 0.885 bits per heavy atom. The lowest BCUT2D eigenvalue weighted by molar-refractivity contribution is -0.137. The van der Waals surface area contributed by atoms with E-state index in [1.54, 1.807) is 4.52 Å². The molecule has 0 N–H and O–H groups in total. The van der Waals surface area contributed by atoms with Crippen LogP contribution in [0.5, 0.6) is 0 Å². The van der Waals surface area contributed by atoms with Crippen molar-refractivity contribution in [3.63, 3.8) is 0 Å². The highest BCUT2D eigenvalue weighted by atomic mass is 19.4. The predicted molar refractivity (Wildman–Crippen MR) is 93.6 cm³/mol. The Hall–Kier alpha value is -3.15. The third-order valence-corrected chi connectivity index (χ3v) is 4.17. The van der Waals surface area contributed by atoms with Gasteiger partial charge in [-0.25, -0.2) is 4.52 Å². The number of rotatable bonds is 2. The highest BCUT2D eigenvalue weighted by Gasteiger charge is 2.30. The number of fused-ring (bicyclic) bond motifs is 1. The molecular formula is C20H14F3N3. The van der Waals surface area contributed by atoms with Gasteiger partial charge in [-0.05, 0) is 48.9 Å². The van der Waals surface area contributed by atoms with E-state index in [1.165, 1.54) is 12.1 Å². The minimum absolute atomic E-state index is 0.639. The molecule has 0 atom stereocenters. The van der Waals surface area contributed by atoms with Crippen molar-refractivity contribution in [3.05, 3.63) is 78.1 Å². The predicted octanol–water partition coefficient (Wildman–Crippen LogP) is 5.39. The molecule has 130 valence electrons. The van der Waals surface area contributed by atoms with E-state index < -0.39 is 11.7 Å². The largest absolute Gasteiger partial charge is 0.416 e. The van der Waals surface area contributed by atoms with E-state index in [4.69, 9.17) is 0 Å². The third kappa shape index (κ3) is 2.83. The number of aromatic nitrogens is 3. The Bertz CT molecular complexity index is 1080. The second-order valence-corrected chi connectivity index (χ2v) is 5.99. The van der Waals surface area contributed by atoms with Crippen LogP contribution in [0, 0.1) is 6.92 Å². The molecule has 26 heavy (non-hydrogen) atoms. The van der Waals surface area contributed by atoms with Gasteiger partial charge in [-0.1, -0.05) is 24.3 Å². The van der Waals surface area contributed by atoms with Gasteiger partial charge in [0.2, 0.25) is 0 Å². The number of nitrogens with zero attached hydrogens (tertiary/aromatic N) is 3. The zero-order valence-electron chi connectivity index (χ0n) is 13.8. The van der Waals surface area contributed by atoms with Crippen molar-refractivity contribution in [3.8, 4) is 22.5 Å². The van der Waals surface area contributed by atoms with Crippen LogP contribution in [0.2, 0.25) is 0 Å². The van der Waals surface area contributed by atoms with E-state index in [2.05, 4.69) is 10.1 Å². The lowest BCUT2D eigenvalue weighted by atomic mass is 10.0. The highest BCUT2D eigenvalue weighted by Crippen LogP contribution is 2.36. The zero-order chi connectivity index (χ0) is 18.3. The summed E-state index contributed by atoms with van der Waals surface area (Å²) in [6.45, 7) is 1.89. The van der Waals surface area contributed by atoms with Gasteiger partial charge in [-0.2, -0.15) is 18.3 Å². The molecule has 0 saturated heterocycles. The molecule has 6 heteroatoms. The van der Waals surface area contributed by atoms with Crippen LogP contribution in [0.3, 0.4) is 0 Å². The topological polar surface area (TPSA) is 30.2 Å². The van der Waals surface area contributed by atoms with Gasteiger partial charge in [-0.15, -0.1) is 0 Å². The Balaban J connectivity index is 1.95. The van der Waals surface area contributed by atoms with Crippen LogP contribution in [0.25, 0.3) is 28.0 Å². The highest BCUT2D eigenvalue weighted by molar-refractivity contribution is 5.91. The molecule has 0 bridgehead atoms. The number of benzene rings is 1. The quantitative estimate of drug-likeness (QED) is 0.484. The van der Waals surface area contributed by atoms with E-state index in [0.717, 1.165) is 28.9 Å². The van der Waals surface area contributed by atoms with Crippen molar-refractivity contribution in [2.24, 2.45) is 0 Å². The van der Waals surface area contributed by atoms with E-state index in [9.17, 15) is 13.2 Å². The van der Waals surface area contributed by atoms with Gasteiger partial charge in [0.05, 0.1) is 16.8 Å². The summed E-state index contributed by atoms with van der Waals surface area (Å²) < 4.78 is 40.3. The molecule has 0 spiro atoms. The van der Waals surface area contributed by atoms with E-state index in [0.29, 0.717) is 17.0 Å². The smallest absolute Gasteiger partial charge is 0.251 e. The van der Waals surface area contributed by atoms with Gasteiger partial charge in [0.15, 0.2) is 0 Å². The second-order valence-electron chi connectivity index (χ2n) is 5.99. The van der Waals surface area contributed by atoms with E-state index >= 15 is 0 Å². The SMILES string of the molecule is Cc1cccc(-c2nn3ccccc3c2-c2ccc(C(F)(F)F)cc2)n1. The molecule has 0 aliphatic rings. The Labute approximate surface area is 147 Å². The average molecular weight is 353 g/mol. The molecule has 0 aliphatic carbocycles. The van der Waals surface area contributed by atoms with Crippen LogP contribution in [-0.2, 0) is 6.18 Å². The Morgan fingerprint density at radius 2 is 1.65 bits per heavy atom. The maximum atomic E-state index is 12.9. The number of pyridine rings is 2. The molecule has 3 heterocycles. The second kappa shape index (κ2) is 5.98. The summed E-state index contributed by atoms with van der Waals surface area (Å²) in [6.07, 6.45) is -2.55. The Morgan fingerprint density at radius 3 is 2.35 bits per heavy atom. The van der Waals surface area contributed by atoms with E-state index in [1.807, 2.05) is 49.5 Å². The van der Waals surface area contributed by atoms with Crippen molar-refractivity contribution in [2.75, 3.05) is 0 Å². The fourth-order valence-electron chi connectivity index (χ4n) is 2.96. The van der Waals surface area contributed by atoms with Crippen LogP contribution in [0.1, 0.15) is 11.3 Å². The first-order chi connectivity index (χ1) is 12.4. The fraction of sp³-hybridized carbons (Fsp3) is 0.100. The number of hydrogen-bond acceptors (Lipinski definition) is 2.